The molecule has 7 rings (SSSR count). The normalized spacial score (nSPS) is 15.2. The van der Waals surface area contributed by atoms with Gasteiger partial charge >= 0.3 is 0 Å². The van der Waals surface area contributed by atoms with Crippen molar-refractivity contribution in [1.82, 2.24) is 24.6 Å². The van der Waals surface area contributed by atoms with Crippen LogP contribution in [0.4, 0.5) is 5.69 Å². The van der Waals surface area contributed by atoms with Gasteiger partial charge < -0.3 is 14.4 Å². The SMILES string of the molecule is O=C(c1ccc(-c2cccs2)cc1)N1CCn2c(nnc2-c2csc(-c3ccc(N4CCCC4)cc3)n2)C1. The molecule has 5 aromatic rings. The number of amides is 1. The minimum atomic E-state index is 0.0202. The highest BCUT2D eigenvalue weighted by molar-refractivity contribution is 7.13. The van der Waals surface area contributed by atoms with Gasteiger partial charge in [-0.15, -0.1) is 32.9 Å². The van der Waals surface area contributed by atoms with Crippen molar-refractivity contribution >= 4 is 34.3 Å². The molecule has 1 fully saturated rings. The Balaban J connectivity index is 1.05. The zero-order valence-electron chi connectivity index (χ0n) is 20.8. The molecular weight excluding hydrogens is 512 g/mol. The van der Waals surface area contributed by atoms with Gasteiger partial charge in [0.25, 0.3) is 5.91 Å². The highest BCUT2D eigenvalue weighted by atomic mass is 32.1. The van der Waals surface area contributed by atoms with Gasteiger partial charge in [-0.2, -0.15) is 0 Å². The number of hydrogen-bond donors (Lipinski definition) is 0. The maximum Gasteiger partial charge on any atom is 0.254 e. The topological polar surface area (TPSA) is 67.2 Å². The van der Waals surface area contributed by atoms with E-state index in [-0.39, 0.29) is 5.91 Å². The number of fused-ring (bicyclic) bond motifs is 1. The van der Waals surface area contributed by atoms with Crippen molar-refractivity contribution in [3.05, 3.63) is 82.8 Å². The van der Waals surface area contributed by atoms with E-state index in [1.807, 2.05) is 40.6 Å². The number of thiophene rings is 1. The zero-order chi connectivity index (χ0) is 25.5. The Hall–Kier alpha value is -3.82. The van der Waals surface area contributed by atoms with Crippen LogP contribution in [0.5, 0.6) is 0 Å². The van der Waals surface area contributed by atoms with E-state index >= 15 is 0 Å². The number of nitrogens with zero attached hydrogens (tertiary/aromatic N) is 6. The van der Waals surface area contributed by atoms with Crippen LogP contribution < -0.4 is 4.90 Å². The standard InChI is InChI=1S/C29H26N6OS2/c36-29(22-7-5-20(6-8-22)25-4-3-17-37-25)34-15-16-35-26(18-34)31-32-27(35)24-19-38-28(30-24)21-9-11-23(12-10-21)33-13-1-2-14-33/h3-12,17,19H,1-2,13-16,18H2. The summed E-state index contributed by atoms with van der Waals surface area (Å²) < 4.78 is 2.10. The Kier molecular flexibility index (Phi) is 6.02. The quantitative estimate of drug-likeness (QED) is 0.272. The molecule has 0 unspecified atom stereocenters. The van der Waals surface area contributed by atoms with E-state index in [1.54, 1.807) is 22.7 Å². The maximum absolute atomic E-state index is 13.2. The first-order chi connectivity index (χ1) is 18.7. The second-order valence-corrected chi connectivity index (χ2v) is 11.5. The molecule has 3 aromatic heterocycles. The molecule has 2 aromatic carbocycles. The molecule has 1 amide bonds. The molecular formula is C29H26N6OS2. The second-order valence-electron chi connectivity index (χ2n) is 9.65. The molecule has 1 saturated heterocycles. The van der Waals surface area contributed by atoms with Crippen LogP contribution in [0.3, 0.4) is 0 Å². The lowest BCUT2D eigenvalue weighted by Gasteiger charge is -2.27. The van der Waals surface area contributed by atoms with Gasteiger partial charge in [0.1, 0.15) is 10.7 Å². The number of carbonyl (C=O) groups is 1. The van der Waals surface area contributed by atoms with Crippen LogP contribution in [0.2, 0.25) is 0 Å². The number of thiazole rings is 1. The molecule has 5 heterocycles. The molecule has 0 aliphatic carbocycles. The highest BCUT2D eigenvalue weighted by Crippen LogP contribution is 2.31. The lowest BCUT2D eigenvalue weighted by molar-refractivity contribution is 0.0708. The lowest BCUT2D eigenvalue weighted by Crippen LogP contribution is -2.38. The molecule has 0 bridgehead atoms. The number of anilines is 1. The average molecular weight is 539 g/mol. The monoisotopic (exact) mass is 538 g/mol. The predicted octanol–water partition coefficient (Wildman–Crippen LogP) is 6.05. The summed E-state index contributed by atoms with van der Waals surface area (Å²) >= 11 is 3.32. The molecule has 0 saturated carbocycles. The Morgan fingerprint density at radius 2 is 1.61 bits per heavy atom. The fraction of sp³-hybridized carbons (Fsp3) is 0.241. The van der Waals surface area contributed by atoms with E-state index in [4.69, 9.17) is 4.98 Å². The summed E-state index contributed by atoms with van der Waals surface area (Å²) in [6.45, 7) is 3.98. The second kappa shape index (κ2) is 9.81. The smallest absolute Gasteiger partial charge is 0.254 e. The summed E-state index contributed by atoms with van der Waals surface area (Å²) in [7, 11) is 0. The molecule has 7 nitrogen and oxygen atoms in total. The van der Waals surface area contributed by atoms with Crippen LogP contribution in [0.15, 0.2) is 71.4 Å². The van der Waals surface area contributed by atoms with Crippen molar-refractivity contribution in [3.63, 3.8) is 0 Å². The molecule has 0 spiro atoms. The number of aromatic nitrogens is 4. The van der Waals surface area contributed by atoms with Crippen molar-refractivity contribution in [2.45, 2.75) is 25.9 Å². The fourth-order valence-electron chi connectivity index (χ4n) is 5.22. The van der Waals surface area contributed by atoms with Gasteiger partial charge in [0, 0.05) is 53.3 Å². The average Bonchev–Trinajstić information content (AvgIpc) is 3.79. The van der Waals surface area contributed by atoms with Crippen LogP contribution in [-0.4, -0.2) is 50.2 Å². The lowest BCUT2D eigenvalue weighted by atomic mass is 10.1. The maximum atomic E-state index is 13.2. The minimum absolute atomic E-state index is 0.0202. The first-order valence-electron chi connectivity index (χ1n) is 12.9. The molecule has 0 atom stereocenters. The number of carbonyl (C=O) groups excluding carboxylic acids is 1. The van der Waals surface area contributed by atoms with Gasteiger partial charge in [0.15, 0.2) is 11.6 Å². The van der Waals surface area contributed by atoms with Gasteiger partial charge in [-0.1, -0.05) is 18.2 Å². The molecule has 190 valence electrons. The van der Waals surface area contributed by atoms with Crippen LogP contribution in [0, 0.1) is 0 Å². The first kappa shape index (κ1) is 23.3. The summed E-state index contributed by atoms with van der Waals surface area (Å²) in [5, 5.41) is 14.0. The van der Waals surface area contributed by atoms with Crippen molar-refractivity contribution in [1.29, 1.82) is 0 Å². The molecule has 38 heavy (non-hydrogen) atoms. The third kappa shape index (κ3) is 4.31. The summed E-state index contributed by atoms with van der Waals surface area (Å²) in [5.74, 6) is 1.58. The van der Waals surface area contributed by atoms with Crippen LogP contribution in [0.1, 0.15) is 29.0 Å². The van der Waals surface area contributed by atoms with Gasteiger partial charge in [0.2, 0.25) is 0 Å². The first-order valence-corrected chi connectivity index (χ1v) is 14.7. The van der Waals surface area contributed by atoms with E-state index in [1.165, 1.54) is 23.4 Å². The van der Waals surface area contributed by atoms with Gasteiger partial charge in [-0.05, 0) is 66.2 Å². The fourth-order valence-corrected chi connectivity index (χ4v) is 6.76. The molecule has 0 N–H and O–H groups in total. The number of hydrogen-bond acceptors (Lipinski definition) is 7. The Morgan fingerprint density at radius 3 is 2.37 bits per heavy atom. The third-order valence-electron chi connectivity index (χ3n) is 7.30. The largest absolute Gasteiger partial charge is 0.372 e. The highest BCUT2D eigenvalue weighted by Gasteiger charge is 2.26. The van der Waals surface area contributed by atoms with E-state index in [0.717, 1.165) is 46.6 Å². The van der Waals surface area contributed by atoms with E-state index in [2.05, 4.69) is 55.4 Å². The van der Waals surface area contributed by atoms with E-state index in [9.17, 15) is 4.79 Å². The van der Waals surface area contributed by atoms with Crippen molar-refractivity contribution in [2.24, 2.45) is 0 Å². The summed E-state index contributed by atoms with van der Waals surface area (Å²) in [6, 6.07) is 20.7. The molecule has 2 aliphatic rings. The zero-order valence-corrected chi connectivity index (χ0v) is 22.4. The third-order valence-corrected chi connectivity index (χ3v) is 9.11. The van der Waals surface area contributed by atoms with Gasteiger partial charge in [0.05, 0.1) is 6.54 Å². The van der Waals surface area contributed by atoms with Crippen molar-refractivity contribution < 1.29 is 4.79 Å². The van der Waals surface area contributed by atoms with Crippen LogP contribution in [-0.2, 0) is 13.1 Å². The van der Waals surface area contributed by atoms with Crippen LogP contribution >= 0.6 is 22.7 Å². The van der Waals surface area contributed by atoms with Crippen molar-refractivity contribution in [3.8, 4) is 32.5 Å². The molecule has 0 radical (unpaired) electrons. The Bertz CT molecular complexity index is 1560. The summed E-state index contributed by atoms with van der Waals surface area (Å²) in [4.78, 5) is 23.6. The van der Waals surface area contributed by atoms with Crippen molar-refractivity contribution in [2.75, 3.05) is 24.5 Å². The molecule has 9 heteroatoms. The van der Waals surface area contributed by atoms with E-state index < -0.39 is 0 Å². The minimum Gasteiger partial charge on any atom is -0.372 e. The van der Waals surface area contributed by atoms with Crippen LogP contribution in [0.25, 0.3) is 32.5 Å². The predicted molar refractivity (Wildman–Crippen MR) is 153 cm³/mol. The number of rotatable bonds is 5. The Labute approximate surface area is 229 Å². The van der Waals surface area contributed by atoms with Gasteiger partial charge in [-0.3, -0.25) is 4.79 Å². The summed E-state index contributed by atoms with van der Waals surface area (Å²) in [6.07, 6.45) is 2.55. The van der Waals surface area contributed by atoms with Gasteiger partial charge in [-0.25, -0.2) is 4.98 Å². The summed E-state index contributed by atoms with van der Waals surface area (Å²) in [5.41, 5.74) is 5.05. The Morgan fingerprint density at radius 1 is 0.816 bits per heavy atom. The molecule has 2 aliphatic heterocycles. The number of benzene rings is 2. The van der Waals surface area contributed by atoms with E-state index in [0.29, 0.717) is 25.2 Å².